The van der Waals surface area contributed by atoms with Gasteiger partial charge in [-0.15, -0.1) is 0 Å². The molecule has 0 aromatic heterocycles. The number of hydrogen-bond acceptors (Lipinski definition) is 5. The van der Waals surface area contributed by atoms with Gasteiger partial charge in [0.05, 0.1) is 10.2 Å². The first-order valence-corrected chi connectivity index (χ1v) is 12.1. The lowest BCUT2D eigenvalue weighted by Crippen LogP contribution is -2.05. The number of nitrogens with zero attached hydrogens (tertiary/aromatic N) is 1. The summed E-state index contributed by atoms with van der Waals surface area (Å²) in [6.07, 6.45) is 1.70. The Morgan fingerprint density at radius 1 is 1.00 bits per heavy atom. The predicted octanol–water partition coefficient (Wildman–Crippen LogP) is 6.22. The van der Waals surface area contributed by atoms with Gasteiger partial charge < -0.3 is 14.2 Å². The quantitative estimate of drug-likeness (QED) is 0.173. The minimum absolute atomic E-state index is 0.245. The van der Waals surface area contributed by atoms with E-state index in [2.05, 4.69) is 50.2 Å². The summed E-state index contributed by atoms with van der Waals surface area (Å²) in [7, 11) is 0. The molecule has 7 heteroatoms. The van der Waals surface area contributed by atoms with Crippen LogP contribution in [0.15, 0.2) is 77.4 Å². The van der Waals surface area contributed by atoms with E-state index < -0.39 is 5.97 Å². The normalized spacial score (nSPS) is 14.3. The van der Waals surface area contributed by atoms with Gasteiger partial charge in [0.25, 0.3) is 0 Å². The third-order valence-corrected chi connectivity index (χ3v) is 6.09. The maximum absolute atomic E-state index is 12.4. The van der Waals surface area contributed by atoms with E-state index in [1.165, 1.54) is 0 Å². The average molecular weight is 651 g/mol. The number of carbonyl (C=O) groups is 1. The van der Waals surface area contributed by atoms with Crippen LogP contribution in [-0.4, -0.2) is 18.5 Å². The van der Waals surface area contributed by atoms with Crippen LogP contribution in [0.25, 0.3) is 6.08 Å². The first-order chi connectivity index (χ1) is 15.5. The smallest absolute Gasteiger partial charge is 0.363 e. The highest BCUT2D eigenvalue weighted by Crippen LogP contribution is 2.36. The van der Waals surface area contributed by atoms with Crippen molar-refractivity contribution in [3.63, 3.8) is 0 Å². The molecule has 0 spiro atoms. The first kappa shape index (κ1) is 22.8. The zero-order chi connectivity index (χ0) is 22.5. The number of cyclic esters (lactones) is 1. The molecule has 0 atom stereocenters. The zero-order valence-corrected chi connectivity index (χ0v) is 21.5. The molecule has 0 bridgehead atoms. The molecule has 0 fully saturated rings. The van der Waals surface area contributed by atoms with E-state index in [9.17, 15) is 4.79 Å². The molecular formula is C25H19I2NO4. The number of rotatable bonds is 7. The molecule has 1 aliphatic rings. The topological polar surface area (TPSA) is 57.1 Å². The molecule has 0 amide bonds. The number of esters is 1. The van der Waals surface area contributed by atoms with Crippen molar-refractivity contribution < 1.29 is 19.0 Å². The van der Waals surface area contributed by atoms with Crippen LogP contribution in [0.1, 0.15) is 23.6 Å². The molecule has 5 nitrogen and oxygen atoms in total. The maximum atomic E-state index is 12.4. The highest BCUT2D eigenvalue weighted by atomic mass is 127. The Labute approximate surface area is 213 Å². The van der Waals surface area contributed by atoms with Crippen LogP contribution >= 0.6 is 45.2 Å². The van der Waals surface area contributed by atoms with E-state index >= 15 is 0 Å². The molecule has 0 N–H and O–H groups in total. The van der Waals surface area contributed by atoms with Crippen LogP contribution in [0.2, 0.25) is 0 Å². The van der Waals surface area contributed by atoms with E-state index in [-0.39, 0.29) is 5.70 Å². The second kappa shape index (κ2) is 10.5. The van der Waals surface area contributed by atoms with Gasteiger partial charge in [0, 0.05) is 9.13 Å². The minimum atomic E-state index is -0.476. The van der Waals surface area contributed by atoms with Crippen molar-refractivity contribution in [2.75, 3.05) is 6.61 Å². The van der Waals surface area contributed by atoms with Crippen LogP contribution < -0.4 is 9.47 Å². The monoisotopic (exact) mass is 651 g/mol. The largest absolute Gasteiger partial charge is 0.490 e. The van der Waals surface area contributed by atoms with Crippen LogP contribution in [-0.2, 0) is 16.1 Å². The molecule has 1 heterocycles. The van der Waals surface area contributed by atoms with Gasteiger partial charge in [-0.25, -0.2) is 9.79 Å². The van der Waals surface area contributed by atoms with Crippen molar-refractivity contribution in [1.82, 2.24) is 0 Å². The number of halogens is 2. The predicted molar refractivity (Wildman–Crippen MR) is 141 cm³/mol. The summed E-state index contributed by atoms with van der Waals surface area (Å²) in [5, 5.41) is 0. The van der Waals surface area contributed by atoms with Gasteiger partial charge >= 0.3 is 5.97 Å². The molecule has 0 unspecified atom stereocenters. The summed E-state index contributed by atoms with van der Waals surface area (Å²) in [6, 6.07) is 21.4. The highest BCUT2D eigenvalue weighted by Gasteiger charge is 2.24. The van der Waals surface area contributed by atoms with E-state index in [4.69, 9.17) is 14.2 Å². The fourth-order valence-corrected chi connectivity index (χ4v) is 4.23. The number of hydrogen-bond donors (Lipinski definition) is 0. The highest BCUT2D eigenvalue weighted by molar-refractivity contribution is 14.1. The van der Waals surface area contributed by atoms with Gasteiger partial charge in [0.1, 0.15) is 6.61 Å². The SMILES string of the molecule is CCOc1cc(/C=C2\N=C(c3ccc(I)cc3)OC2=O)cc(I)c1OCc1ccccc1. The van der Waals surface area contributed by atoms with Crippen molar-refractivity contribution in [2.45, 2.75) is 13.5 Å². The summed E-state index contributed by atoms with van der Waals surface area (Å²) in [6.45, 7) is 2.85. The molecule has 3 aromatic rings. The fourth-order valence-electron chi connectivity index (χ4n) is 3.09. The summed E-state index contributed by atoms with van der Waals surface area (Å²) >= 11 is 4.44. The van der Waals surface area contributed by atoms with Crippen molar-refractivity contribution in [2.24, 2.45) is 4.99 Å². The maximum Gasteiger partial charge on any atom is 0.363 e. The summed E-state index contributed by atoms with van der Waals surface area (Å²) in [5.74, 6) is 1.13. The van der Waals surface area contributed by atoms with Gasteiger partial charge in [0.15, 0.2) is 17.2 Å². The molecule has 32 heavy (non-hydrogen) atoms. The lowest BCUT2D eigenvalue weighted by atomic mass is 10.1. The van der Waals surface area contributed by atoms with Crippen molar-refractivity contribution in [1.29, 1.82) is 0 Å². The van der Waals surface area contributed by atoms with Crippen LogP contribution in [0.5, 0.6) is 11.5 Å². The Balaban J connectivity index is 1.61. The number of ether oxygens (including phenoxy) is 3. The zero-order valence-electron chi connectivity index (χ0n) is 17.2. The lowest BCUT2D eigenvalue weighted by molar-refractivity contribution is -0.129. The number of carbonyl (C=O) groups excluding carboxylic acids is 1. The van der Waals surface area contributed by atoms with Crippen molar-refractivity contribution in [3.8, 4) is 11.5 Å². The Bertz CT molecular complexity index is 1190. The van der Waals surface area contributed by atoms with Gasteiger partial charge in [-0.3, -0.25) is 0 Å². The molecule has 4 rings (SSSR count). The van der Waals surface area contributed by atoms with Crippen LogP contribution in [0.3, 0.4) is 0 Å². The Morgan fingerprint density at radius 3 is 2.47 bits per heavy atom. The number of aliphatic imine (C=N–C) groups is 1. The van der Waals surface area contributed by atoms with Crippen LogP contribution in [0, 0.1) is 7.14 Å². The lowest BCUT2D eigenvalue weighted by Gasteiger charge is -2.15. The second-order valence-corrected chi connectivity index (χ2v) is 9.29. The second-order valence-electron chi connectivity index (χ2n) is 6.88. The Hall–Kier alpha value is -2.40. The standard InChI is InChI=1S/C25H19I2NO4/c1-2-30-22-14-17(12-20(27)23(22)31-15-16-6-4-3-5-7-16)13-21-25(29)32-24(28-21)18-8-10-19(26)11-9-18/h3-14H,2,15H2,1H3/b21-13-. The van der Waals surface area contributed by atoms with Gasteiger partial charge in [-0.1, -0.05) is 30.3 Å². The molecule has 0 radical (unpaired) electrons. The van der Waals surface area contributed by atoms with E-state index in [0.717, 1.165) is 23.8 Å². The van der Waals surface area contributed by atoms with E-state index in [1.54, 1.807) is 6.08 Å². The van der Waals surface area contributed by atoms with E-state index in [0.29, 0.717) is 30.6 Å². The van der Waals surface area contributed by atoms with E-state index in [1.807, 2.05) is 73.7 Å². The third kappa shape index (κ3) is 5.50. The third-order valence-electron chi connectivity index (χ3n) is 4.57. The molecular weight excluding hydrogens is 632 g/mol. The van der Waals surface area contributed by atoms with Crippen molar-refractivity contribution >= 4 is 63.1 Å². The number of benzene rings is 3. The van der Waals surface area contributed by atoms with Gasteiger partial charge in [0.2, 0.25) is 5.90 Å². The summed E-state index contributed by atoms with van der Waals surface area (Å²) in [4.78, 5) is 16.8. The fraction of sp³-hybridized carbons (Fsp3) is 0.120. The summed E-state index contributed by atoms with van der Waals surface area (Å²) < 4.78 is 19.2. The summed E-state index contributed by atoms with van der Waals surface area (Å²) in [5.41, 5.74) is 2.86. The Morgan fingerprint density at radius 2 is 1.75 bits per heavy atom. The average Bonchev–Trinajstić information content (AvgIpc) is 3.14. The Kier molecular flexibility index (Phi) is 7.46. The molecule has 162 valence electrons. The minimum Gasteiger partial charge on any atom is -0.490 e. The molecule has 0 saturated carbocycles. The first-order valence-electron chi connectivity index (χ1n) is 9.95. The van der Waals surface area contributed by atoms with Gasteiger partial charge in [-0.05, 0) is 106 Å². The molecule has 3 aromatic carbocycles. The molecule has 0 aliphatic carbocycles. The molecule has 0 saturated heterocycles. The van der Waals surface area contributed by atoms with Crippen molar-refractivity contribution in [3.05, 3.63) is 96.3 Å². The molecule has 1 aliphatic heterocycles. The van der Waals surface area contributed by atoms with Crippen LogP contribution in [0.4, 0.5) is 0 Å². The van der Waals surface area contributed by atoms with Gasteiger partial charge in [-0.2, -0.15) is 0 Å².